The quantitative estimate of drug-likeness (QED) is 0.827. The van der Waals surface area contributed by atoms with E-state index in [0.29, 0.717) is 30.0 Å². The number of carbonyl (C=O) groups is 1. The first-order chi connectivity index (χ1) is 12.7. The zero-order chi connectivity index (χ0) is 18.4. The average molecular weight is 355 g/mol. The lowest BCUT2D eigenvalue weighted by atomic mass is 10.1. The monoisotopic (exact) mass is 355 g/mol. The second-order valence-electron chi connectivity index (χ2n) is 6.32. The molecule has 1 aromatic heterocycles. The molecule has 1 saturated heterocycles. The molecule has 0 atom stereocenters. The number of pyridine rings is 1. The molecule has 138 valence electrons. The Morgan fingerprint density at radius 2 is 1.88 bits per heavy atom. The van der Waals surface area contributed by atoms with Crippen LogP contribution in [0.25, 0.3) is 0 Å². The van der Waals surface area contributed by atoms with Crippen LogP contribution in [0.3, 0.4) is 0 Å². The van der Waals surface area contributed by atoms with Gasteiger partial charge in [-0.2, -0.15) is 0 Å². The maximum absolute atomic E-state index is 12.4. The Bertz CT molecular complexity index is 758. The second kappa shape index (κ2) is 8.56. The number of aromatic nitrogens is 1. The Morgan fingerprint density at radius 3 is 2.62 bits per heavy atom. The SMILES string of the molecule is COc1ccc(CCNC(=O)c2cncc(N3CCCC3)c2)cc1OC. The number of nitrogens with zero attached hydrogens (tertiary/aromatic N) is 2. The summed E-state index contributed by atoms with van der Waals surface area (Å²) in [6.07, 6.45) is 6.55. The van der Waals surface area contributed by atoms with Gasteiger partial charge in [0, 0.05) is 25.8 Å². The van der Waals surface area contributed by atoms with E-state index >= 15 is 0 Å². The molecule has 26 heavy (non-hydrogen) atoms. The van der Waals surface area contributed by atoms with Gasteiger partial charge in [-0.25, -0.2) is 0 Å². The van der Waals surface area contributed by atoms with Gasteiger partial charge < -0.3 is 19.7 Å². The van der Waals surface area contributed by atoms with E-state index in [1.54, 1.807) is 20.4 Å². The van der Waals surface area contributed by atoms with Crippen molar-refractivity contribution in [3.05, 3.63) is 47.8 Å². The summed E-state index contributed by atoms with van der Waals surface area (Å²) in [5.74, 6) is 1.29. The van der Waals surface area contributed by atoms with Crippen molar-refractivity contribution < 1.29 is 14.3 Å². The van der Waals surface area contributed by atoms with Crippen molar-refractivity contribution in [2.45, 2.75) is 19.3 Å². The normalized spacial score (nSPS) is 13.5. The Hall–Kier alpha value is -2.76. The van der Waals surface area contributed by atoms with Gasteiger partial charge in [0.15, 0.2) is 11.5 Å². The molecule has 0 saturated carbocycles. The number of hydrogen-bond acceptors (Lipinski definition) is 5. The summed E-state index contributed by atoms with van der Waals surface area (Å²) in [6.45, 7) is 2.61. The zero-order valence-corrected chi connectivity index (χ0v) is 15.3. The van der Waals surface area contributed by atoms with Crippen molar-refractivity contribution in [1.29, 1.82) is 0 Å². The molecule has 1 aliphatic heterocycles. The predicted molar refractivity (Wildman–Crippen MR) is 101 cm³/mol. The number of nitrogens with one attached hydrogen (secondary N) is 1. The predicted octanol–water partition coefficient (Wildman–Crippen LogP) is 2.67. The van der Waals surface area contributed by atoms with Crippen LogP contribution >= 0.6 is 0 Å². The first-order valence-corrected chi connectivity index (χ1v) is 8.90. The van der Waals surface area contributed by atoms with Gasteiger partial charge in [-0.3, -0.25) is 9.78 Å². The van der Waals surface area contributed by atoms with Crippen LogP contribution in [0.15, 0.2) is 36.7 Å². The highest BCUT2D eigenvalue weighted by molar-refractivity contribution is 5.94. The second-order valence-corrected chi connectivity index (χ2v) is 6.32. The molecule has 0 unspecified atom stereocenters. The van der Waals surface area contributed by atoms with Crippen LogP contribution in [0.4, 0.5) is 5.69 Å². The molecule has 1 aromatic carbocycles. The van der Waals surface area contributed by atoms with Crippen molar-refractivity contribution in [2.75, 3.05) is 38.8 Å². The Morgan fingerprint density at radius 1 is 1.12 bits per heavy atom. The molecule has 1 fully saturated rings. The van der Waals surface area contributed by atoms with Gasteiger partial charge in [-0.15, -0.1) is 0 Å². The fourth-order valence-electron chi connectivity index (χ4n) is 3.16. The van der Waals surface area contributed by atoms with Crippen LogP contribution in [0, 0.1) is 0 Å². The third kappa shape index (κ3) is 4.25. The number of anilines is 1. The van der Waals surface area contributed by atoms with E-state index in [-0.39, 0.29) is 5.91 Å². The average Bonchev–Trinajstić information content (AvgIpc) is 3.22. The fraction of sp³-hybridized carbons (Fsp3) is 0.400. The summed E-state index contributed by atoms with van der Waals surface area (Å²) in [6, 6.07) is 7.70. The highest BCUT2D eigenvalue weighted by atomic mass is 16.5. The number of amides is 1. The highest BCUT2D eigenvalue weighted by Gasteiger charge is 2.14. The van der Waals surface area contributed by atoms with E-state index in [9.17, 15) is 4.79 Å². The summed E-state index contributed by atoms with van der Waals surface area (Å²) < 4.78 is 10.5. The van der Waals surface area contributed by atoms with E-state index in [2.05, 4.69) is 15.2 Å². The van der Waals surface area contributed by atoms with Gasteiger partial charge in [-0.05, 0) is 43.0 Å². The molecule has 1 amide bonds. The maximum Gasteiger partial charge on any atom is 0.252 e. The molecule has 0 bridgehead atoms. The number of hydrogen-bond donors (Lipinski definition) is 1. The Labute approximate surface area is 154 Å². The lowest BCUT2D eigenvalue weighted by Crippen LogP contribution is -2.26. The molecule has 1 N–H and O–H groups in total. The van der Waals surface area contributed by atoms with Gasteiger partial charge in [-0.1, -0.05) is 6.07 Å². The van der Waals surface area contributed by atoms with Crippen LogP contribution in [-0.4, -0.2) is 44.7 Å². The molecule has 2 heterocycles. The summed E-state index contributed by atoms with van der Waals surface area (Å²) >= 11 is 0. The molecule has 6 heteroatoms. The van der Waals surface area contributed by atoms with E-state index < -0.39 is 0 Å². The van der Waals surface area contributed by atoms with Crippen molar-refractivity contribution in [2.24, 2.45) is 0 Å². The minimum absolute atomic E-state index is 0.0981. The van der Waals surface area contributed by atoms with Crippen molar-refractivity contribution in [3.8, 4) is 11.5 Å². The van der Waals surface area contributed by atoms with Crippen LogP contribution in [0.1, 0.15) is 28.8 Å². The largest absolute Gasteiger partial charge is 0.493 e. The van der Waals surface area contributed by atoms with Crippen molar-refractivity contribution >= 4 is 11.6 Å². The number of ether oxygens (including phenoxy) is 2. The first-order valence-electron chi connectivity index (χ1n) is 8.90. The minimum Gasteiger partial charge on any atom is -0.493 e. The van der Waals surface area contributed by atoms with Crippen LogP contribution in [0.5, 0.6) is 11.5 Å². The number of methoxy groups -OCH3 is 2. The molecule has 6 nitrogen and oxygen atoms in total. The summed E-state index contributed by atoms with van der Waals surface area (Å²) in [4.78, 5) is 18.9. The van der Waals surface area contributed by atoms with Gasteiger partial charge in [0.2, 0.25) is 0 Å². The molecule has 0 spiro atoms. The molecule has 0 radical (unpaired) electrons. The maximum atomic E-state index is 12.4. The molecule has 2 aromatic rings. The van der Waals surface area contributed by atoms with Gasteiger partial charge >= 0.3 is 0 Å². The Balaban J connectivity index is 1.56. The lowest BCUT2D eigenvalue weighted by Gasteiger charge is -2.17. The topological polar surface area (TPSA) is 63.7 Å². The first kappa shape index (κ1) is 18.0. The van der Waals surface area contributed by atoms with Crippen molar-refractivity contribution in [3.63, 3.8) is 0 Å². The van der Waals surface area contributed by atoms with Crippen LogP contribution in [-0.2, 0) is 6.42 Å². The minimum atomic E-state index is -0.0981. The van der Waals surface area contributed by atoms with Crippen molar-refractivity contribution in [1.82, 2.24) is 10.3 Å². The van der Waals surface area contributed by atoms with E-state index in [1.165, 1.54) is 12.8 Å². The van der Waals surface area contributed by atoms with Gasteiger partial charge in [0.1, 0.15) is 0 Å². The third-order valence-corrected chi connectivity index (χ3v) is 4.60. The van der Waals surface area contributed by atoms with Gasteiger partial charge in [0.25, 0.3) is 5.91 Å². The van der Waals surface area contributed by atoms with E-state index in [1.807, 2.05) is 30.5 Å². The number of rotatable bonds is 7. The molecular formula is C20H25N3O3. The smallest absolute Gasteiger partial charge is 0.252 e. The third-order valence-electron chi connectivity index (χ3n) is 4.60. The van der Waals surface area contributed by atoms with Crippen LogP contribution in [0.2, 0.25) is 0 Å². The number of carbonyl (C=O) groups excluding carboxylic acids is 1. The zero-order valence-electron chi connectivity index (χ0n) is 15.3. The standard InChI is InChI=1S/C20H25N3O3/c1-25-18-6-5-15(11-19(18)26-2)7-8-22-20(24)16-12-17(14-21-13-16)23-9-3-4-10-23/h5-6,11-14H,3-4,7-10H2,1-2H3,(H,22,24). The molecule has 0 aliphatic carbocycles. The Kier molecular flexibility index (Phi) is 5.94. The molecule has 1 aliphatic rings. The summed E-state index contributed by atoms with van der Waals surface area (Å²) in [7, 11) is 3.23. The van der Waals surface area contributed by atoms with E-state index in [4.69, 9.17) is 9.47 Å². The molecule has 3 rings (SSSR count). The highest BCUT2D eigenvalue weighted by Crippen LogP contribution is 2.27. The number of benzene rings is 1. The fourth-order valence-corrected chi connectivity index (χ4v) is 3.16. The summed E-state index contributed by atoms with van der Waals surface area (Å²) in [5.41, 5.74) is 2.70. The molecular weight excluding hydrogens is 330 g/mol. The van der Waals surface area contributed by atoms with Crippen LogP contribution < -0.4 is 19.7 Å². The lowest BCUT2D eigenvalue weighted by molar-refractivity contribution is 0.0954. The van der Waals surface area contributed by atoms with E-state index in [0.717, 1.165) is 24.3 Å². The summed E-state index contributed by atoms with van der Waals surface area (Å²) in [5, 5.41) is 2.96. The van der Waals surface area contributed by atoms with Gasteiger partial charge in [0.05, 0.1) is 31.7 Å².